The maximum Gasteiger partial charge on any atom is 0.453 e. The van der Waals surface area contributed by atoms with Gasteiger partial charge in [-0.1, -0.05) is 11.6 Å². The number of nitrogens with one attached hydrogen (secondary N) is 1. The molecule has 0 radical (unpaired) electrons. The molecular formula is C16H11ClF3N5O. The Balaban J connectivity index is 2.04. The molecule has 0 saturated heterocycles. The summed E-state index contributed by atoms with van der Waals surface area (Å²) in [6.07, 6.45) is -2.01. The molecule has 3 rings (SSSR count). The van der Waals surface area contributed by atoms with Gasteiger partial charge in [-0.25, -0.2) is 10.4 Å². The molecule has 1 amide bonds. The van der Waals surface area contributed by atoms with Crippen molar-refractivity contribution in [2.24, 2.45) is 0 Å². The van der Waals surface area contributed by atoms with Gasteiger partial charge in [-0.15, -0.1) is 5.10 Å². The van der Waals surface area contributed by atoms with Crippen LogP contribution in [0.1, 0.15) is 21.7 Å². The monoisotopic (exact) mass is 381 g/mol. The quantitative estimate of drug-likeness (QED) is 0.750. The second-order valence-corrected chi connectivity index (χ2v) is 5.72. The van der Waals surface area contributed by atoms with Crippen LogP contribution in [0.15, 0.2) is 42.7 Å². The van der Waals surface area contributed by atoms with Crippen molar-refractivity contribution in [3.8, 4) is 11.4 Å². The average Bonchev–Trinajstić information content (AvgIpc) is 3.02. The first-order valence-corrected chi connectivity index (χ1v) is 7.65. The minimum absolute atomic E-state index is 0.162. The lowest BCUT2D eigenvalue weighted by Gasteiger charge is -2.08. The predicted octanol–water partition coefficient (Wildman–Crippen LogP) is 3.70. The number of carbonyl (C=O) groups excluding carboxylic acids is 1. The van der Waals surface area contributed by atoms with Gasteiger partial charge in [-0.2, -0.15) is 18.0 Å². The maximum absolute atomic E-state index is 13.0. The van der Waals surface area contributed by atoms with Crippen molar-refractivity contribution in [1.29, 1.82) is 0 Å². The molecule has 0 aliphatic heterocycles. The largest absolute Gasteiger partial charge is 0.453 e. The van der Waals surface area contributed by atoms with Gasteiger partial charge in [0.2, 0.25) is 0 Å². The highest BCUT2D eigenvalue weighted by atomic mass is 35.5. The second kappa shape index (κ2) is 6.75. The summed E-state index contributed by atoms with van der Waals surface area (Å²) < 4.78 is 39.1. The number of amides is 1. The normalized spacial score (nSPS) is 11.4. The van der Waals surface area contributed by atoms with Crippen molar-refractivity contribution in [3.63, 3.8) is 0 Å². The number of carbonyl (C=O) groups is 1. The van der Waals surface area contributed by atoms with Crippen LogP contribution in [0.3, 0.4) is 0 Å². The molecule has 0 aliphatic rings. The molecule has 0 aliphatic carbocycles. The number of rotatable bonds is 3. The van der Waals surface area contributed by atoms with Gasteiger partial charge in [0.1, 0.15) is 0 Å². The number of nitrogens with zero attached hydrogens (tertiary/aromatic N) is 4. The number of aromatic nitrogens is 4. The number of halogens is 4. The summed E-state index contributed by atoms with van der Waals surface area (Å²) in [6, 6.07) is 7.57. The molecule has 1 aromatic carbocycles. The number of hydrogen-bond acceptors (Lipinski definition) is 4. The molecule has 10 heteroatoms. The first kappa shape index (κ1) is 17.9. The van der Waals surface area contributed by atoms with E-state index < -0.39 is 17.9 Å². The molecule has 2 heterocycles. The van der Waals surface area contributed by atoms with Gasteiger partial charge in [-0.3, -0.25) is 9.78 Å². The highest BCUT2D eigenvalue weighted by Crippen LogP contribution is 2.29. The van der Waals surface area contributed by atoms with Gasteiger partial charge in [-0.05, 0) is 42.8 Å². The summed E-state index contributed by atoms with van der Waals surface area (Å²) in [6.45, 7) is 1.70. The molecule has 2 aromatic heterocycles. The van der Waals surface area contributed by atoms with E-state index in [4.69, 9.17) is 11.6 Å². The van der Waals surface area contributed by atoms with Crippen LogP contribution in [0.2, 0.25) is 5.02 Å². The molecule has 0 saturated carbocycles. The fourth-order valence-electron chi connectivity index (χ4n) is 2.14. The summed E-state index contributed by atoms with van der Waals surface area (Å²) in [5.41, 5.74) is 3.41. The van der Waals surface area contributed by atoms with Gasteiger partial charge in [0.15, 0.2) is 5.82 Å². The smallest absolute Gasteiger partial charge is 0.267 e. The number of alkyl halides is 3. The van der Waals surface area contributed by atoms with Crippen LogP contribution in [-0.4, -0.2) is 25.8 Å². The average molecular weight is 382 g/mol. The zero-order chi connectivity index (χ0) is 18.9. The summed E-state index contributed by atoms with van der Waals surface area (Å²) in [5.74, 6) is -2.22. The molecule has 0 spiro atoms. The third kappa shape index (κ3) is 3.67. The van der Waals surface area contributed by atoms with Crippen LogP contribution < -0.4 is 5.43 Å². The molecule has 26 heavy (non-hydrogen) atoms. The zero-order valence-electron chi connectivity index (χ0n) is 13.3. The van der Waals surface area contributed by atoms with Crippen molar-refractivity contribution in [1.82, 2.24) is 19.9 Å². The SMILES string of the molecule is Cc1cc(-c2nc(C(F)(F)F)nn2NC(=O)c2cccnc2)ccc1Cl. The highest BCUT2D eigenvalue weighted by molar-refractivity contribution is 6.31. The minimum Gasteiger partial charge on any atom is -0.267 e. The number of aryl methyl sites for hydroxylation is 1. The summed E-state index contributed by atoms with van der Waals surface area (Å²) in [7, 11) is 0. The lowest BCUT2D eigenvalue weighted by atomic mass is 10.1. The Labute approximate surface area is 150 Å². The molecule has 0 atom stereocenters. The van der Waals surface area contributed by atoms with Crippen LogP contribution in [0.4, 0.5) is 13.2 Å². The van der Waals surface area contributed by atoms with E-state index in [1.54, 1.807) is 13.0 Å². The maximum atomic E-state index is 13.0. The number of benzene rings is 1. The van der Waals surface area contributed by atoms with Crippen molar-refractivity contribution in [2.45, 2.75) is 13.1 Å². The van der Waals surface area contributed by atoms with Crippen LogP contribution in [0.25, 0.3) is 11.4 Å². The highest BCUT2D eigenvalue weighted by Gasteiger charge is 2.37. The van der Waals surface area contributed by atoms with E-state index in [2.05, 4.69) is 20.5 Å². The Morgan fingerprint density at radius 2 is 2.04 bits per heavy atom. The van der Waals surface area contributed by atoms with Crippen molar-refractivity contribution in [3.05, 3.63) is 64.7 Å². The zero-order valence-corrected chi connectivity index (χ0v) is 14.0. The van der Waals surface area contributed by atoms with E-state index >= 15 is 0 Å². The lowest BCUT2D eigenvalue weighted by Crippen LogP contribution is -2.25. The Hall–Kier alpha value is -2.94. The standard InChI is InChI=1S/C16H11ClF3N5O/c1-9-7-10(4-5-12(9)17)13-22-15(16(18,19)20)24-25(13)23-14(26)11-3-2-6-21-8-11/h2-8H,1H3,(H,23,26). The summed E-state index contributed by atoms with van der Waals surface area (Å²) in [4.78, 5) is 20.2. The third-order valence-corrected chi connectivity index (χ3v) is 3.83. The first-order valence-electron chi connectivity index (χ1n) is 7.28. The molecule has 134 valence electrons. The van der Waals surface area contributed by atoms with E-state index in [0.29, 0.717) is 20.9 Å². The summed E-state index contributed by atoms with van der Waals surface area (Å²) >= 11 is 5.95. The molecule has 0 fully saturated rings. The molecule has 6 nitrogen and oxygen atoms in total. The Bertz CT molecular complexity index is 956. The molecule has 3 aromatic rings. The number of pyridine rings is 1. The van der Waals surface area contributed by atoms with Crippen LogP contribution in [0.5, 0.6) is 0 Å². The van der Waals surface area contributed by atoms with E-state index in [1.165, 1.54) is 36.7 Å². The Kier molecular flexibility index (Phi) is 4.64. The van der Waals surface area contributed by atoms with Crippen LogP contribution in [0, 0.1) is 6.92 Å². The molecule has 0 unspecified atom stereocenters. The molecule has 1 N–H and O–H groups in total. The van der Waals surface area contributed by atoms with E-state index in [-0.39, 0.29) is 11.4 Å². The molecular weight excluding hydrogens is 371 g/mol. The Morgan fingerprint density at radius 3 is 2.65 bits per heavy atom. The Morgan fingerprint density at radius 1 is 1.27 bits per heavy atom. The van der Waals surface area contributed by atoms with Gasteiger partial charge in [0.25, 0.3) is 11.7 Å². The van der Waals surface area contributed by atoms with Crippen molar-refractivity contribution >= 4 is 17.5 Å². The van der Waals surface area contributed by atoms with E-state index in [0.717, 1.165) is 0 Å². The fourth-order valence-corrected chi connectivity index (χ4v) is 2.26. The van der Waals surface area contributed by atoms with E-state index in [1.807, 2.05) is 0 Å². The van der Waals surface area contributed by atoms with Crippen molar-refractivity contribution in [2.75, 3.05) is 5.43 Å². The topological polar surface area (TPSA) is 72.7 Å². The first-order chi connectivity index (χ1) is 12.3. The molecule has 0 bridgehead atoms. The lowest BCUT2D eigenvalue weighted by molar-refractivity contribution is -0.144. The van der Waals surface area contributed by atoms with Gasteiger partial charge < -0.3 is 0 Å². The predicted molar refractivity (Wildman–Crippen MR) is 88.1 cm³/mol. The fraction of sp³-hybridized carbons (Fsp3) is 0.125. The van der Waals surface area contributed by atoms with Gasteiger partial charge in [0.05, 0.1) is 5.56 Å². The second-order valence-electron chi connectivity index (χ2n) is 5.32. The minimum atomic E-state index is -4.76. The van der Waals surface area contributed by atoms with Crippen molar-refractivity contribution < 1.29 is 18.0 Å². The van der Waals surface area contributed by atoms with Gasteiger partial charge >= 0.3 is 6.18 Å². The van der Waals surface area contributed by atoms with Crippen LogP contribution in [-0.2, 0) is 6.18 Å². The number of hydrogen-bond donors (Lipinski definition) is 1. The summed E-state index contributed by atoms with van der Waals surface area (Å²) in [5, 5.41) is 3.82. The van der Waals surface area contributed by atoms with Crippen LogP contribution >= 0.6 is 11.6 Å². The third-order valence-electron chi connectivity index (χ3n) is 3.41. The van der Waals surface area contributed by atoms with E-state index in [9.17, 15) is 18.0 Å². The van der Waals surface area contributed by atoms with Gasteiger partial charge in [0, 0.05) is 23.0 Å².